The number of para-hydroxylation sites is 2. The van der Waals surface area contributed by atoms with Gasteiger partial charge in [-0.2, -0.15) is 0 Å². The third-order valence-electron chi connectivity index (χ3n) is 4.77. The SMILES string of the molecule is CN(Cc1nc2ccccc2[nH]1)C(=O)c1cccc(NC(=O)C2CCCO2)c1. The van der Waals surface area contributed by atoms with E-state index in [1.807, 2.05) is 24.3 Å². The molecule has 0 radical (unpaired) electrons. The van der Waals surface area contributed by atoms with Gasteiger partial charge in [0.25, 0.3) is 11.8 Å². The minimum absolute atomic E-state index is 0.145. The Bertz CT molecular complexity index is 975. The number of carbonyl (C=O) groups is 2. The van der Waals surface area contributed by atoms with E-state index in [1.54, 1.807) is 36.2 Å². The monoisotopic (exact) mass is 378 g/mol. The molecule has 28 heavy (non-hydrogen) atoms. The first-order chi connectivity index (χ1) is 13.6. The highest BCUT2D eigenvalue weighted by Gasteiger charge is 2.23. The standard InChI is InChI=1S/C21H22N4O3/c1-25(13-19-23-16-8-2-3-9-17(16)24-19)21(27)14-6-4-7-15(12-14)22-20(26)18-10-5-11-28-18/h2-4,6-9,12,18H,5,10-11,13H2,1H3,(H,22,26)(H,23,24). The molecule has 2 N–H and O–H groups in total. The molecule has 3 aromatic rings. The quantitative estimate of drug-likeness (QED) is 0.715. The maximum absolute atomic E-state index is 12.8. The van der Waals surface area contributed by atoms with Crippen molar-refractivity contribution in [2.45, 2.75) is 25.5 Å². The third kappa shape index (κ3) is 3.89. The summed E-state index contributed by atoms with van der Waals surface area (Å²) in [5.74, 6) is 0.409. The molecule has 1 unspecified atom stereocenters. The lowest BCUT2D eigenvalue weighted by atomic mass is 10.1. The van der Waals surface area contributed by atoms with Crippen LogP contribution in [0.4, 0.5) is 5.69 Å². The molecule has 1 atom stereocenters. The first-order valence-corrected chi connectivity index (χ1v) is 9.32. The van der Waals surface area contributed by atoms with E-state index >= 15 is 0 Å². The van der Waals surface area contributed by atoms with Crippen LogP contribution in [-0.4, -0.2) is 46.4 Å². The topological polar surface area (TPSA) is 87.3 Å². The zero-order valence-electron chi connectivity index (χ0n) is 15.6. The van der Waals surface area contributed by atoms with Gasteiger partial charge in [0, 0.05) is 24.9 Å². The van der Waals surface area contributed by atoms with Crippen LogP contribution in [0.2, 0.25) is 0 Å². The van der Waals surface area contributed by atoms with Gasteiger partial charge in [-0.3, -0.25) is 9.59 Å². The number of carbonyl (C=O) groups excluding carboxylic acids is 2. The number of H-pyrrole nitrogens is 1. The van der Waals surface area contributed by atoms with Crippen molar-refractivity contribution >= 4 is 28.5 Å². The summed E-state index contributed by atoms with van der Waals surface area (Å²) in [6.07, 6.45) is 1.21. The summed E-state index contributed by atoms with van der Waals surface area (Å²) in [6.45, 7) is 0.975. The Morgan fingerprint density at radius 3 is 2.89 bits per heavy atom. The Balaban J connectivity index is 1.43. The highest BCUT2D eigenvalue weighted by Crippen LogP contribution is 2.18. The lowest BCUT2D eigenvalue weighted by molar-refractivity contribution is -0.124. The second kappa shape index (κ2) is 7.82. The Morgan fingerprint density at radius 2 is 2.11 bits per heavy atom. The summed E-state index contributed by atoms with van der Waals surface area (Å²) in [7, 11) is 1.73. The average Bonchev–Trinajstić information content (AvgIpc) is 3.37. The van der Waals surface area contributed by atoms with Gasteiger partial charge in [-0.15, -0.1) is 0 Å². The largest absolute Gasteiger partial charge is 0.368 e. The molecular weight excluding hydrogens is 356 g/mol. The van der Waals surface area contributed by atoms with Crippen LogP contribution >= 0.6 is 0 Å². The molecule has 0 aliphatic carbocycles. The zero-order valence-corrected chi connectivity index (χ0v) is 15.6. The highest BCUT2D eigenvalue weighted by atomic mass is 16.5. The molecule has 7 heteroatoms. The number of aromatic nitrogens is 2. The molecule has 2 amide bonds. The maximum atomic E-state index is 12.8. The molecule has 144 valence electrons. The van der Waals surface area contributed by atoms with Gasteiger partial charge in [0.05, 0.1) is 17.6 Å². The van der Waals surface area contributed by atoms with E-state index in [4.69, 9.17) is 4.74 Å². The summed E-state index contributed by atoms with van der Waals surface area (Å²) in [5, 5.41) is 2.83. The third-order valence-corrected chi connectivity index (χ3v) is 4.77. The molecule has 1 aliphatic heterocycles. The number of amides is 2. The number of ether oxygens (including phenoxy) is 1. The van der Waals surface area contributed by atoms with Crippen molar-refractivity contribution in [3.8, 4) is 0 Å². The first-order valence-electron chi connectivity index (χ1n) is 9.32. The smallest absolute Gasteiger partial charge is 0.254 e. The predicted molar refractivity (Wildman–Crippen MR) is 106 cm³/mol. The number of aromatic amines is 1. The van der Waals surface area contributed by atoms with Crippen molar-refractivity contribution in [2.24, 2.45) is 0 Å². The number of nitrogens with zero attached hydrogens (tertiary/aromatic N) is 2. The van der Waals surface area contributed by atoms with Gasteiger partial charge in [-0.1, -0.05) is 18.2 Å². The number of fused-ring (bicyclic) bond motifs is 1. The summed E-state index contributed by atoms with van der Waals surface area (Å²) in [4.78, 5) is 34.3. The first kappa shape index (κ1) is 18.2. The summed E-state index contributed by atoms with van der Waals surface area (Å²) < 4.78 is 5.40. The number of imidazole rings is 1. The van der Waals surface area contributed by atoms with Crippen molar-refractivity contribution in [3.05, 3.63) is 59.9 Å². The number of anilines is 1. The van der Waals surface area contributed by atoms with E-state index < -0.39 is 6.10 Å². The second-order valence-electron chi connectivity index (χ2n) is 6.93. The van der Waals surface area contributed by atoms with Gasteiger partial charge in [0.15, 0.2) is 0 Å². The number of rotatable bonds is 5. The highest BCUT2D eigenvalue weighted by molar-refractivity contribution is 5.98. The molecule has 0 saturated carbocycles. The van der Waals surface area contributed by atoms with Crippen molar-refractivity contribution in [2.75, 3.05) is 19.0 Å². The Labute approximate surface area is 162 Å². The predicted octanol–water partition coefficient (Wildman–Crippen LogP) is 2.95. The fourth-order valence-electron chi connectivity index (χ4n) is 3.33. The molecule has 1 saturated heterocycles. The van der Waals surface area contributed by atoms with E-state index in [1.165, 1.54) is 0 Å². The minimum Gasteiger partial charge on any atom is -0.368 e. The van der Waals surface area contributed by atoms with Gasteiger partial charge < -0.3 is 19.9 Å². The number of nitrogens with one attached hydrogen (secondary N) is 2. The fraction of sp³-hybridized carbons (Fsp3) is 0.286. The van der Waals surface area contributed by atoms with E-state index in [0.29, 0.717) is 24.4 Å². The summed E-state index contributed by atoms with van der Waals surface area (Å²) >= 11 is 0. The van der Waals surface area contributed by atoms with Gasteiger partial charge in [0.1, 0.15) is 11.9 Å². The number of hydrogen-bond acceptors (Lipinski definition) is 4. The average molecular weight is 378 g/mol. The van der Waals surface area contributed by atoms with Gasteiger partial charge >= 0.3 is 0 Å². The van der Waals surface area contributed by atoms with Crippen molar-refractivity contribution < 1.29 is 14.3 Å². The second-order valence-corrected chi connectivity index (χ2v) is 6.93. The molecule has 2 aromatic carbocycles. The molecule has 2 heterocycles. The molecule has 7 nitrogen and oxygen atoms in total. The zero-order chi connectivity index (χ0) is 19.5. The lowest BCUT2D eigenvalue weighted by Crippen LogP contribution is -2.28. The van der Waals surface area contributed by atoms with Gasteiger partial charge in [0.2, 0.25) is 0 Å². The lowest BCUT2D eigenvalue weighted by Gasteiger charge is -2.17. The molecule has 1 fully saturated rings. The Hall–Kier alpha value is -3.19. The van der Waals surface area contributed by atoms with Crippen LogP contribution in [0.5, 0.6) is 0 Å². The van der Waals surface area contributed by atoms with Crippen LogP contribution in [0.15, 0.2) is 48.5 Å². The van der Waals surface area contributed by atoms with Crippen LogP contribution < -0.4 is 5.32 Å². The van der Waals surface area contributed by atoms with E-state index in [0.717, 1.165) is 29.7 Å². The number of hydrogen-bond donors (Lipinski definition) is 2. The van der Waals surface area contributed by atoms with E-state index in [-0.39, 0.29) is 11.8 Å². The van der Waals surface area contributed by atoms with Crippen molar-refractivity contribution in [1.82, 2.24) is 14.9 Å². The van der Waals surface area contributed by atoms with Crippen LogP contribution in [0.25, 0.3) is 11.0 Å². The van der Waals surface area contributed by atoms with Crippen molar-refractivity contribution in [1.29, 1.82) is 0 Å². The molecule has 1 aliphatic rings. The maximum Gasteiger partial charge on any atom is 0.254 e. The molecule has 1 aromatic heterocycles. The minimum atomic E-state index is -0.407. The molecule has 0 bridgehead atoms. The van der Waals surface area contributed by atoms with Gasteiger partial charge in [-0.25, -0.2) is 4.98 Å². The molecular formula is C21H22N4O3. The summed E-state index contributed by atoms with van der Waals surface area (Å²) in [6, 6.07) is 14.7. The van der Waals surface area contributed by atoms with Crippen LogP contribution in [-0.2, 0) is 16.1 Å². The number of benzene rings is 2. The van der Waals surface area contributed by atoms with Crippen LogP contribution in [0, 0.1) is 0 Å². The fourth-order valence-corrected chi connectivity index (χ4v) is 3.33. The van der Waals surface area contributed by atoms with Crippen LogP contribution in [0.1, 0.15) is 29.0 Å². The normalized spacial score (nSPS) is 16.2. The molecule has 4 rings (SSSR count). The summed E-state index contributed by atoms with van der Waals surface area (Å²) in [5.41, 5.74) is 2.90. The van der Waals surface area contributed by atoms with Crippen LogP contribution in [0.3, 0.4) is 0 Å². The van der Waals surface area contributed by atoms with Gasteiger partial charge in [-0.05, 0) is 43.2 Å². The Kier molecular flexibility index (Phi) is 5.08. The van der Waals surface area contributed by atoms with E-state index in [9.17, 15) is 9.59 Å². The molecule has 0 spiro atoms. The Morgan fingerprint density at radius 1 is 1.25 bits per heavy atom. The van der Waals surface area contributed by atoms with E-state index in [2.05, 4.69) is 15.3 Å². The van der Waals surface area contributed by atoms with Crippen molar-refractivity contribution in [3.63, 3.8) is 0 Å².